The molecule has 0 aliphatic carbocycles. The van der Waals surface area contributed by atoms with Crippen LogP contribution in [0.5, 0.6) is 0 Å². The second-order valence-corrected chi connectivity index (χ2v) is 13.9. The molecule has 3 atom stereocenters. The van der Waals surface area contributed by atoms with Crippen LogP contribution in [0.2, 0.25) is 0 Å². The minimum Gasteiger partial charge on any atom is -0.363 e. The first-order chi connectivity index (χ1) is 23.4. The number of aromatic nitrogens is 4. The molecule has 0 bridgehead atoms. The van der Waals surface area contributed by atoms with Crippen molar-refractivity contribution in [2.24, 2.45) is 4.99 Å². The van der Waals surface area contributed by atoms with Gasteiger partial charge in [-0.25, -0.2) is 19.9 Å². The molecule has 0 saturated carbocycles. The molecule has 7 rings (SSSR count). The maximum absolute atomic E-state index is 12.8. The van der Waals surface area contributed by atoms with E-state index in [2.05, 4.69) is 99.6 Å². The van der Waals surface area contributed by atoms with Crippen LogP contribution in [-0.2, 0) is 19.4 Å². The minimum absolute atomic E-state index is 0.141. The van der Waals surface area contributed by atoms with Crippen molar-refractivity contribution in [1.82, 2.24) is 34.0 Å². The Hall–Kier alpha value is -4.38. The molecule has 12 heteroatoms. The summed E-state index contributed by atoms with van der Waals surface area (Å²) in [6.07, 6.45) is 4.35. The molecule has 0 radical (unpaired) electrons. The molecule has 2 fully saturated rings. The first kappa shape index (κ1) is 32.2. The van der Waals surface area contributed by atoms with E-state index >= 15 is 0 Å². The van der Waals surface area contributed by atoms with Crippen molar-refractivity contribution < 1.29 is 13.8 Å². The zero-order valence-electron chi connectivity index (χ0n) is 27.5. The van der Waals surface area contributed by atoms with Gasteiger partial charge in [0, 0.05) is 47.2 Å². The van der Waals surface area contributed by atoms with Crippen molar-refractivity contribution in [3.05, 3.63) is 120 Å². The Kier molecular flexibility index (Phi) is 9.39. The highest BCUT2D eigenvalue weighted by atomic mass is 31.1. The molecule has 48 heavy (non-hydrogen) atoms. The van der Waals surface area contributed by atoms with Gasteiger partial charge in [0.15, 0.2) is 17.0 Å². The summed E-state index contributed by atoms with van der Waals surface area (Å²) in [5.41, 5.74) is 3.94. The average molecular weight is 664 g/mol. The number of imidazole rings is 1. The van der Waals surface area contributed by atoms with Crippen LogP contribution in [0.25, 0.3) is 11.2 Å². The van der Waals surface area contributed by atoms with E-state index in [4.69, 9.17) is 19.2 Å². The quantitative estimate of drug-likeness (QED) is 0.131. The molecule has 5 aromatic rings. The fraction of sp³-hybridized carbons (Fsp3) is 0.333. The molecule has 4 heterocycles. The number of ether oxygens (including phenoxy) is 1. The van der Waals surface area contributed by atoms with Crippen LogP contribution in [0.4, 0.5) is 5.82 Å². The largest absolute Gasteiger partial charge is 0.615 e. The number of aliphatic imine (C=N–C) groups is 1. The summed E-state index contributed by atoms with van der Waals surface area (Å²) >= 11 is 0. The van der Waals surface area contributed by atoms with Crippen molar-refractivity contribution in [3.63, 3.8) is 0 Å². The van der Waals surface area contributed by atoms with Gasteiger partial charge in [0.25, 0.3) is 0 Å². The van der Waals surface area contributed by atoms with Gasteiger partial charge in [0.2, 0.25) is 0 Å². The summed E-state index contributed by atoms with van der Waals surface area (Å²) in [5, 5.41) is 0. The first-order valence-corrected chi connectivity index (χ1v) is 17.4. The van der Waals surface area contributed by atoms with Crippen molar-refractivity contribution in [1.29, 1.82) is 0 Å². The van der Waals surface area contributed by atoms with Crippen LogP contribution in [0, 0.1) is 0 Å². The number of hydrogen-bond donors (Lipinski definition) is 0. The molecule has 3 aromatic carbocycles. The standard InChI is InChI=1S/C36H40N8O3P/c1-41(2)48(45)46-24-30-22-43(36(27-14-7-4-8-15-27,28-16-9-5-10-17-28)29-18-11-6-12-19-29)23-32(47-30)44-26-39-33-34(37-25-38-35(33)44)40-31-20-13-21-42(31)3/h4-12,14-19,25-26,30,32H,13,20-24H2,1-3H3/q+1/t30-,32+/m0/s1. The number of amidine groups is 1. The summed E-state index contributed by atoms with van der Waals surface area (Å²) in [7, 11) is 3.52. The third kappa shape index (κ3) is 6.16. The van der Waals surface area contributed by atoms with E-state index in [9.17, 15) is 4.57 Å². The Labute approximate surface area is 281 Å². The van der Waals surface area contributed by atoms with E-state index in [-0.39, 0.29) is 6.61 Å². The van der Waals surface area contributed by atoms with Gasteiger partial charge in [0.05, 0.1) is 11.9 Å². The summed E-state index contributed by atoms with van der Waals surface area (Å²) in [6.45, 7) is 2.12. The third-order valence-corrected chi connectivity index (χ3v) is 10.1. The number of likely N-dealkylation sites (tertiary alicyclic amines) is 1. The van der Waals surface area contributed by atoms with Gasteiger partial charge < -0.3 is 9.64 Å². The smallest absolute Gasteiger partial charge is 0.363 e. The van der Waals surface area contributed by atoms with Crippen LogP contribution in [0.1, 0.15) is 35.8 Å². The number of fused-ring (bicyclic) bond motifs is 1. The predicted molar refractivity (Wildman–Crippen MR) is 186 cm³/mol. The molecular weight excluding hydrogens is 623 g/mol. The van der Waals surface area contributed by atoms with Crippen LogP contribution in [0.15, 0.2) is 109 Å². The Morgan fingerprint density at radius 3 is 2.10 bits per heavy atom. The summed E-state index contributed by atoms with van der Waals surface area (Å²) in [4.78, 5) is 23.5. The van der Waals surface area contributed by atoms with Gasteiger partial charge in [-0.15, -0.1) is 4.52 Å². The van der Waals surface area contributed by atoms with Gasteiger partial charge in [0.1, 0.15) is 31.1 Å². The van der Waals surface area contributed by atoms with Crippen molar-refractivity contribution in [3.8, 4) is 0 Å². The lowest BCUT2D eigenvalue weighted by atomic mass is 9.75. The van der Waals surface area contributed by atoms with Crippen LogP contribution in [0.3, 0.4) is 0 Å². The Balaban J connectivity index is 1.36. The number of benzene rings is 3. The van der Waals surface area contributed by atoms with E-state index in [1.165, 1.54) is 0 Å². The monoisotopic (exact) mass is 663 g/mol. The van der Waals surface area contributed by atoms with Crippen molar-refractivity contribution in [2.75, 3.05) is 47.4 Å². The number of rotatable bonds is 10. The highest BCUT2D eigenvalue weighted by Crippen LogP contribution is 2.45. The van der Waals surface area contributed by atoms with Gasteiger partial charge in [-0.05, 0) is 27.7 Å². The maximum Gasteiger partial charge on any atom is 0.615 e. The van der Waals surface area contributed by atoms with Crippen molar-refractivity contribution in [2.45, 2.75) is 30.7 Å². The van der Waals surface area contributed by atoms with E-state index in [1.54, 1.807) is 31.4 Å². The second kappa shape index (κ2) is 14.0. The molecule has 0 N–H and O–H groups in total. The SMILES string of the molecule is CN1CCCC1=Nc1ncnc2c1ncn2[C@H]1CN(C(c2ccccc2)(c2ccccc2)c2ccccc2)C[C@@H](CO[P+](=O)N(C)C)O1. The molecule has 246 valence electrons. The van der Waals surface area contributed by atoms with Crippen LogP contribution < -0.4 is 0 Å². The zero-order valence-corrected chi connectivity index (χ0v) is 28.4. The number of nitrogens with zero attached hydrogens (tertiary/aromatic N) is 8. The second-order valence-electron chi connectivity index (χ2n) is 12.4. The van der Waals surface area contributed by atoms with Crippen molar-refractivity contribution >= 4 is 31.0 Å². The fourth-order valence-corrected chi connectivity index (χ4v) is 7.40. The van der Waals surface area contributed by atoms with Gasteiger partial charge in [-0.2, -0.15) is 0 Å². The summed E-state index contributed by atoms with van der Waals surface area (Å²) < 4.78 is 29.0. The maximum atomic E-state index is 12.8. The van der Waals surface area contributed by atoms with Crippen LogP contribution >= 0.6 is 8.18 Å². The molecule has 2 aliphatic heterocycles. The molecule has 1 unspecified atom stereocenters. The zero-order chi connectivity index (χ0) is 33.1. The van der Waals surface area contributed by atoms with E-state index in [0.29, 0.717) is 30.1 Å². The third-order valence-electron chi connectivity index (χ3n) is 9.12. The molecule has 2 saturated heterocycles. The lowest BCUT2D eigenvalue weighted by Crippen LogP contribution is -2.57. The Bertz CT molecular complexity index is 1790. The highest BCUT2D eigenvalue weighted by Gasteiger charge is 2.47. The van der Waals surface area contributed by atoms with E-state index in [0.717, 1.165) is 41.9 Å². The Morgan fingerprint density at radius 1 is 0.917 bits per heavy atom. The van der Waals surface area contributed by atoms with E-state index < -0.39 is 26.0 Å². The highest BCUT2D eigenvalue weighted by molar-refractivity contribution is 7.36. The topological polar surface area (TPSA) is 101 Å². The normalized spacial score (nSPS) is 20.2. The van der Waals surface area contributed by atoms with Gasteiger partial charge in [-0.1, -0.05) is 95.7 Å². The van der Waals surface area contributed by atoms with Gasteiger partial charge >= 0.3 is 8.18 Å². The summed E-state index contributed by atoms with van der Waals surface area (Å²) in [5.74, 6) is 1.54. The number of hydrogen-bond acceptors (Lipinski definition) is 8. The van der Waals surface area contributed by atoms with Gasteiger partial charge in [-0.3, -0.25) is 9.47 Å². The molecule has 2 aromatic heterocycles. The molecule has 0 amide bonds. The lowest BCUT2D eigenvalue weighted by Gasteiger charge is -2.50. The lowest BCUT2D eigenvalue weighted by molar-refractivity contribution is -0.145. The first-order valence-electron chi connectivity index (χ1n) is 16.3. The number of morpholine rings is 1. The fourth-order valence-electron chi connectivity index (χ4n) is 6.87. The molecule has 0 spiro atoms. The minimum atomic E-state index is -2.01. The molecule has 11 nitrogen and oxygen atoms in total. The van der Waals surface area contributed by atoms with Crippen LogP contribution in [-0.4, -0.2) is 93.3 Å². The van der Waals surface area contributed by atoms with E-state index in [1.807, 2.05) is 22.8 Å². The average Bonchev–Trinajstić information content (AvgIpc) is 3.75. The Morgan fingerprint density at radius 2 is 1.54 bits per heavy atom. The predicted octanol–water partition coefficient (Wildman–Crippen LogP) is 6.01. The molecule has 2 aliphatic rings. The summed E-state index contributed by atoms with van der Waals surface area (Å²) in [6, 6.07) is 31.7. The molecular formula is C36H40N8O3P+.